The van der Waals surface area contributed by atoms with Crippen molar-refractivity contribution in [3.05, 3.63) is 54.0 Å². The van der Waals surface area contributed by atoms with Gasteiger partial charge in [-0.3, -0.25) is 0 Å². The van der Waals surface area contributed by atoms with Gasteiger partial charge in [0, 0.05) is 0 Å². The van der Waals surface area contributed by atoms with Crippen molar-refractivity contribution in [3.8, 4) is 5.75 Å². The Balaban J connectivity index is 1.89. The fourth-order valence-corrected chi connectivity index (χ4v) is 2.12. The molecule has 1 atom stereocenters. The summed E-state index contributed by atoms with van der Waals surface area (Å²) >= 11 is 0. The maximum atomic E-state index is 10.1. The SMILES string of the molecule is CCCCCC(O)c1cccc(OCc2ccco2)c1. The Bertz CT molecular complexity index is 491. The minimum absolute atomic E-state index is 0.405. The Labute approximate surface area is 120 Å². The van der Waals surface area contributed by atoms with E-state index in [4.69, 9.17) is 9.15 Å². The summed E-state index contributed by atoms with van der Waals surface area (Å²) in [6.07, 6.45) is 5.40. The molecule has 20 heavy (non-hydrogen) atoms. The Hall–Kier alpha value is -1.74. The molecule has 0 spiro atoms. The monoisotopic (exact) mass is 274 g/mol. The van der Waals surface area contributed by atoms with E-state index in [9.17, 15) is 5.11 Å². The summed E-state index contributed by atoms with van der Waals surface area (Å²) in [5.41, 5.74) is 0.915. The molecule has 0 saturated heterocycles. The van der Waals surface area contributed by atoms with Crippen molar-refractivity contribution < 1.29 is 14.3 Å². The van der Waals surface area contributed by atoms with Crippen LogP contribution in [0.1, 0.15) is 50.0 Å². The van der Waals surface area contributed by atoms with Crippen molar-refractivity contribution in [1.29, 1.82) is 0 Å². The van der Waals surface area contributed by atoms with Gasteiger partial charge in [0.25, 0.3) is 0 Å². The summed E-state index contributed by atoms with van der Waals surface area (Å²) in [7, 11) is 0. The second-order valence-electron chi connectivity index (χ2n) is 4.95. The van der Waals surface area contributed by atoms with Crippen LogP contribution in [0.4, 0.5) is 0 Å². The highest BCUT2D eigenvalue weighted by molar-refractivity contribution is 5.30. The van der Waals surface area contributed by atoms with Gasteiger partial charge < -0.3 is 14.3 Å². The van der Waals surface area contributed by atoms with Gasteiger partial charge in [0.15, 0.2) is 0 Å². The first kappa shape index (κ1) is 14.7. The zero-order valence-electron chi connectivity index (χ0n) is 11.9. The molecule has 108 valence electrons. The number of hydrogen-bond acceptors (Lipinski definition) is 3. The molecule has 2 aromatic rings. The Morgan fingerprint density at radius 2 is 2.10 bits per heavy atom. The highest BCUT2D eigenvalue weighted by Crippen LogP contribution is 2.24. The van der Waals surface area contributed by atoms with E-state index >= 15 is 0 Å². The fourth-order valence-electron chi connectivity index (χ4n) is 2.12. The molecule has 1 aromatic heterocycles. The van der Waals surface area contributed by atoms with Crippen LogP contribution in [0.5, 0.6) is 5.75 Å². The van der Waals surface area contributed by atoms with Crippen molar-refractivity contribution >= 4 is 0 Å². The van der Waals surface area contributed by atoms with Gasteiger partial charge in [-0.25, -0.2) is 0 Å². The first-order valence-corrected chi connectivity index (χ1v) is 7.23. The van der Waals surface area contributed by atoms with Crippen LogP contribution in [0.15, 0.2) is 47.1 Å². The van der Waals surface area contributed by atoms with Gasteiger partial charge in [-0.1, -0.05) is 38.3 Å². The summed E-state index contributed by atoms with van der Waals surface area (Å²) < 4.78 is 10.9. The Morgan fingerprint density at radius 3 is 2.85 bits per heavy atom. The molecule has 0 bridgehead atoms. The molecular formula is C17H22O3. The molecule has 3 nitrogen and oxygen atoms in total. The zero-order chi connectivity index (χ0) is 14.2. The third-order valence-corrected chi connectivity index (χ3v) is 3.29. The Kier molecular flexibility index (Phi) is 5.69. The van der Waals surface area contributed by atoms with Crippen LogP contribution >= 0.6 is 0 Å². The maximum absolute atomic E-state index is 10.1. The lowest BCUT2D eigenvalue weighted by Gasteiger charge is -2.12. The summed E-state index contributed by atoms with van der Waals surface area (Å²) in [5, 5.41) is 10.1. The summed E-state index contributed by atoms with van der Waals surface area (Å²) in [6, 6.07) is 11.4. The van der Waals surface area contributed by atoms with Gasteiger partial charge in [0.1, 0.15) is 18.1 Å². The standard InChI is InChI=1S/C17H22O3/c1-2-3-4-10-17(18)14-7-5-8-15(12-14)20-13-16-9-6-11-19-16/h5-9,11-12,17-18H,2-4,10,13H2,1H3. The number of aliphatic hydroxyl groups is 1. The van der Waals surface area contributed by atoms with Gasteiger partial charge in [0.05, 0.1) is 12.4 Å². The van der Waals surface area contributed by atoms with E-state index in [1.165, 1.54) is 6.42 Å². The molecule has 0 aliphatic rings. The molecule has 1 unspecified atom stereocenters. The third kappa shape index (κ3) is 4.42. The largest absolute Gasteiger partial charge is 0.486 e. The van der Waals surface area contributed by atoms with Crippen LogP contribution < -0.4 is 4.74 Å². The van der Waals surface area contributed by atoms with Gasteiger partial charge in [-0.05, 0) is 36.2 Å². The summed E-state index contributed by atoms with van der Waals surface area (Å²) in [5.74, 6) is 1.55. The van der Waals surface area contributed by atoms with Crippen LogP contribution in [0.3, 0.4) is 0 Å². The topological polar surface area (TPSA) is 42.6 Å². The highest BCUT2D eigenvalue weighted by atomic mass is 16.5. The molecule has 0 radical (unpaired) electrons. The van der Waals surface area contributed by atoms with E-state index < -0.39 is 6.10 Å². The highest BCUT2D eigenvalue weighted by Gasteiger charge is 2.08. The molecule has 0 aliphatic carbocycles. The van der Waals surface area contributed by atoms with Crippen molar-refractivity contribution in [2.24, 2.45) is 0 Å². The van der Waals surface area contributed by atoms with Crippen molar-refractivity contribution in [1.82, 2.24) is 0 Å². The average Bonchev–Trinajstić information content (AvgIpc) is 2.99. The molecule has 0 fully saturated rings. The predicted molar refractivity (Wildman–Crippen MR) is 78.6 cm³/mol. The fraction of sp³-hybridized carbons (Fsp3) is 0.412. The van der Waals surface area contributed by atoms with Crippen LogP contribution in [-0.4, -0.2) is 5.11 Å². The normalized spacial score (nSPS) is 12.3. The number of benzene rings is 1. The minimum Gasteiger partial charge on any atom is -0.486 e. The molecule has 1 aromatic carbocycles. The predicted octanol–water partition coefficient (Wildman–Crippen LogP) is 4.47. The van der Waals surface area contributed by atoms with Gasteiger partial charge in [0.2, 0.25) is 0 Å². The molecule has 2 rings (SSSR count). The summed E-state index contributed by atoms with van der Waals surface area (Å²) in [6.45, 7) is 2.57. The van der Waals surface area contributed by atoms with Gasteiger partial charge >= 0.3 is 0 Å². The van der Waals surface area contributed by atoms with E-state index in [1.54, 1.807) is 6.26 Å². The van der Waals surface area contributed by atoms with Crippen molar-refractivity contribution in [2.75, 3.05) is 0 Å². The van der Waals surface area contributed by atoms with Gasteiger partial charge in [-0.15, -0.1) is 0 Å². The lowest BCUT2D eigenvalue weighted by Crippen LogP contribution is -1.99. The van der Waals surface area contributed by atoms with E-state index in [-0.39, 0.29) is 0 Å². The van der Waals surface area contributed by atoms with E-state index in [0.717, 1.165) is 36.3 Å². The van der Waals surface area contributed by atoms with Crippen molar-refractivity contribution in [3.63, 3.8) is 0 Å². The molecular weight excluding hydrogens is 252 g/mol. The van der Waals surface area contributed by atoms with Gasteiger partial charge in [-0.2, -0.15) is 0 Å². The molecule has 0 amide bonds. The lowest BCUT2D eigenvalue weighted by molar-refractivity contribution is 0.163. The molecule has 1 N–H and O–H groups in total. The van der Waals surface area contributed by atoms with Crippen molar-refractivity contribution in [2.45, 2.75) is 45.3 Å². The van der Waals surface area contributed by atoms with Crippen LogP contribution in [0, 0.1) is 0 Å². The summed E-state index contributed by atoms with van der Waals surface area (Å²) in [4.78, 5) is 0. The first-order chi connectivity index (χ1) is 9.79. The second kappa shape index (κ2) is 7.75. The van der Waals surface area contributed by atoms with E-state index in [1.807, 2.05) is 36.4 Å². The number of aliphatic hydroxyl groups excluding tert-OH is 1. The molecule has 0 aliphatic heterocycles. The molecule has 1 heterocycles. The number of furan rings is 1. The first-order valence-electron chi connectivity index (χ1n) is 7.23. The zero-order valence-corrected chi connectivity index (χ0v) is 11.9. The minimum atomic E-state index is -0.409. The number of unbranched alkanes of at least 4 members (excludes halogenated alkanes) is 2. The average molecular weight is 274 g/mol. The lowest BCUT2D eigenvalue weighted by atomic mass is 10.0. The van der Waals surface area contributed by atoms with E-state index in [0.29, 0.717) is 6.61 Å². The quantitative estimate of drug-likeness (QED) is 0.722. The number of hydrogen-bond donors (Lipinski definition) is 1. The number of ether oxygens (including phenoxy) is 1. The van der Waals surface area contributed by atoms with Crippen LogP contribution in [0.2, 0.25) is 0 Å². The van der Waals surface area contributed by atoms with Crippen LogP contribution in [-0.2, 0) is 6.61 Å². The molecule has 0 saturated carbocycles. The number of rotatable bonds is 8. The van der Waals surface area contributed by atoms with E-state index in [2.05, 4.69) is 6.92 Å². The third-order valence-electron chi connectivity index (χ3n) is 3.29. The molecule has 3 heteroatoms. The second-order valence-corrected chi connectivity index (χ2v) is 4.95. The van der Waals surface area contributed by atoms with Crippen LogP contribution in [0.25, 0.3) is 0 Å². The Morgan fingerprint density at radius 1 is 1.20 bits per heavy atom. The maximum Gasteiger partial charge on any atom is 0.146 e. The smallest absolute Gasteiger partial charge is 0.146 e.